The summed E-state index contributed by atoms with van der Waals surface area (Å²) in [6, 6.07) is 0. The largest absolute Gasteiger partial charge is 0.481 e. The van der Waals surface area contributed by atoms with Gasteiger partial charge in [0, 0.05) is 30.9 Å². The van der Waals surface area contributed by atoms with Crippen LogP contribution in [0.2, 0.25) is 0 Å². The van der Waals surface area contributed by atoms with E-state index in [9.17, 15) is 4.79 Å². The van der Waals surface area contributed by atoms with Crippen molar-refractivity contribution in [2.24, 2.45) is 5.92 Å². The van der Waals surface area contributed by atoms with Crippen LogP contribution in [0.1, 0.15) is 24.4 Å². The fourth-order valence-electron chi connectivity index (χ4n) is 2.08. The van der Waals surface area contributed by atoms with E-state index in [1.54, 1.807) is 11.3 Å². The predicted octanol–water partition coefficient (Wildman–Crippen LogP) is 2.33. The van der Waals surface area contributed by atoms with Gasteiger partial charge in [-0.1, -0.05) is 25.6 Å². The van der Waals surface area contributed by atoms with E-state index in [2.05, 4.69) is 23.7 Å². The number of aromatic nitrogens is 1. The van der Waals surface area contributed by atoms with Crippen molar-refractivity contribution in [2.45, 2.75) is 31.2 Å². The molecule has 1 aliphatic rings. The third kappa shape index (κ3) is 3.70. The zero-order valence-electron chi connectivity index (χ0n) is 10.7. The fraction of sp³-hybridized carbons (Fsp3) is 0.667. The van der Waals surface area contributed by atoms with Crippen LogP contribution in [0.5, 0.6) is 0 Å². The molecular weight excluding hydrogens is 268 g/mol. The number of nitrogens with zero attached hydrogens (tertiary/aromatic N) is 2. The zero-order chi connectivity index (χ0) is 13.1. The van der Waals surface area contributed by atoms with Crippen molar-refractivity contribution in [3.05, 3.63) is 10.6 Å². The maximum absolute atomic E-state index is 10.5. The van der Waals surface area contributed by atoms with E-state index >= 15 is 0 Å². The highest BCUT2D eigenvalue weighted by Crippen LogP contribution is 2.31. The summed E-state index contributed by atoms with van der Waals surface area (Å²) in [6.07, 6.45) is 0.992. The normalized spacial score (nSPS) is 15.9. The number of thioether (sulfide) groups is 1. The fourth-order valence-corrected chi connectivity index (χ4v) is 4.10. The zero-order valence-corrected chi connectivity index (χ0v) is 12.3. The van der Waals surface area contributed by atoms with Gasteiger partial charge in [0.1, 0.15) is 0 Å². The quantitative estimate of drug-likeness (QED) is 0.842. The van der Waals surface area contributed by atoms with Gasteiger partial charge in [0.05, 0.1) is 11.4 Å². The number of fused-ring (bicyclic) bond motifs is 1. The van der Waals surface area contributed by atoms with Crippen LogP contribution in [0.4, 0.5) is 0 Å². The average Bonchev–Trinajstić information content (AvgIpc) is 2.67. The number of thiazole rings is 1. The standard InChI is InChI=1S/C12H18N2O2S2/c1-8(2)5-14-4-3-9-10(6-14)18-12(13-9)17-7-11(15)16/h8H,3-7H2,1-2H3,(H,15,16). The van der Waals surface area contributed by atoms with Crippen LogP contribution < -0.4 is 0 Å². The van der Waals surface area contributed by atoms with Crippen molar-refractivity contribution in [3.8, 4) is 0 Å². The summed E-state index contributed by atoms with van der Waals surface area (Å²) in [5.41, 5.74) is 1.17. The Morgan fingerprint density at radius 3 is 3.06 bits per heavy atom. The van der Waals surface area contributed by atoms with Gasteiger partial charge in [-0.05, 0) is 5.92 Å². The third-order valence-corrected chi connectivity index (χ3v) is 4.94. The molecule has 18 heavy (non-hydrogen) atoms. The van der Waals surface area contributed by atoms with E-state index in [1.807, 2.05) is 0 Å². The summed E-state index contributed by atoms with van der Waals surface area (Å²) < 4.78 is 0.897. The number of carboxylic acids is 1. The van der Waals surface area contributed by atoms with Crippen molar-refractivity contribution in [2.75, 3.05) is 18.8 Å². The summed E-state index contributed by atoms with van der Waals surface area (Å²) in [5.74, 6) is -0.00261. The molecule has 6 heteroatoms. The van der Waals surface area contributed by atoms with Gasteiger partial charge in [0.2, 0.25) is 0 Å². The van der Waals surface area contributed by atoms with Crippen LogP contribution in [0.25, 0.3) is 0 Å². The number of hydrogen-bond acceptors (Lipinski definition) is 5. The number of aliphatic carboxylic acids is 1. The lowest BCUT2D eigenvalue weighted by molar-refractivity contribution is -0.133. The van der Waals surface area contributed by atoms with Crippen molar-refractivity contribution < 1.29 is 9.90 Å². The van der Waals surface area contributed by atoms with Gasteiger partial charge in [-0.3, -0.25) is 9.69 Å². The van der Waals surface area contributed by atoms with Crippen molar-refractivity contribution in [1.29, 1.82) is 0 Å². The van der Waals surface area contributed by atoms with E-state index in [-0.39, 0.29) is 5.75 Å². The Kier molecular flexibility index (Phi) is 4.64. The number of rotatable bonds is 5. The summed E-state index contributed by atoms with van der Waals surface area (Å²) in [7, 11) is 0. The average molecular weight is 286 g/mol. The van der Waals surface area contributed by atoms with E-state index in [1.165, 1.54) is 22.3 Å². The van der Waals surface area contributed by atoms with Gasteiger partial charge in [-0.25, -0.2) is 4.98 Å². The summed E-state index contributed by atoms with van der Waals surface area (Å²) in [5, 5.41) is 8.67. The van der Waals surface area contributed by atoms with Crippen molar-refractivity contribution in [3.63, 3.8) is 0 Å². The van der Waals surface area contributed by atoms with Crippen LogP contribution in [-0.4, -0.2) is 39.8 Å². The minimum Gasteiger partial charge on any atom is -0.481 e. The van der Waals surface area contributed by atoms with E-state index in [0.29, 0.717) is 5.92 Å². The van der Waals surface area contributed by atoms with Crippen LogP contribution in [0, 0.1) is 5.92 Å². The van der Waals surface area contributed by atoms with E-state index in [4.69, 9.17) is 5.11 Å². The molecule has 0 aromatic carbocycles. The van der Waals surface area contributed by atoms with Gasteiger partial charge >= 0.3 is 5.97 Å². The van der Waals surface area contributed by atoms with Crippen molar-refractivity contribution in [1.82, 2.24) is 9.88 Å². The van der Waals surface area contributed by atoms with Gasteiger partial charge in [-0.15, -0.1) is 11.3 Å². The molecule has 0 bridgehead atoms. The predicted molar refractivity (Wildman–Crippen MR) is 74.3 cm³/mol. The molecular formula is C12H18N2O2S2. The first-order chi connectivity index (χ1) is 8.54. The van der Waals surface area contributed by atoms with Crippen LogP contribution in [-0.2, 0) is 17.8 Å². The molecule has 2 heterocycles. The molecule has 0 amide bonds. The molecule has 1 aromatic rings. The lowest BCUT2D eigenvalue weighted by atomic mass is 10.1. The number of carboxylic acid groups (broad SMARTS) is 1. The first-order valence-corrected chi connectivity index (χ1v) is 7.90. The molecule has 1 aromatic heterocycles. The monoisotopic (exact) mass is 286 g/mol. The Hall–Kier alpha value is -0.590. The molecule has 0 unspecified atom stereocenters. The second-order valence-corrected chi connectivity index (χ2v) is 7.22. The highest BCUT2D eigenvalue weighted by Gasteiger charge is 2.21. The minimum atomic E-state index is -0.783. The molecule has 4 nitrogen and oxygen atoms in total. The van der Waals surface area contributed by atoms with Gasteiger partial charge < -0.3 is 5.11 Å². The Morgan fingerprint density at radius 1 is 1.61 bits per heavy atom. The number of hydrogen-bond donors (Lipinski definition) is 1. The van der Waals surface area contributed by atoms with Crippen LogP contribution in [0.3, 0.4) is 0 Å². The summed E-state index contributed by atoms with van der Waals surface area (Å²) >= 11 is 2.98. The van der Waals surface area contributed by atoms with Gasteiger partial charge in [0.25, 0.3) is 0 Å². The van der Waals surface area contributed by atoms with Gasteiger partial charge in [0.15, 0.2) is 4.34 Å². The molecule has 0 spiro atoms. The molecule has 1 N–H and O–H groups in total. The highest BCUT2D eigenvalue weighted by atomic mass is 32.2. The van der Waals surface area contributed by atoms with Crippen LogP contribution >= 0.6 is 23.1 Å². The SMILES string of the molecule is CC(C)CN1CCc2nc(SCC(=O)O)sc2C1. The van der Waals surface area contributed by atoms with Crippen molar-refractivity contribution >= 4 is 29.1 Å². The maximum atomic E-state index is 10.5. The molecule has 0 saturated heterocycles. The second-order valence-electron chi connectivity index (χ2n) is 4.91. The summed E-state index contributed by atoms with van der Waals surface area (Å²) in [6.45, 7) is 7.62. The van der Waals surface area contributed by atoms with E-state index in [0.717, 1.165) is 30.4 Å². The second kappa shape index (κ2) is 6.04. The Labute approximate surface area is 115 Å². The van der Waals surface area contributed by atoms with E-state index < -0.39 is 5.97 Å². The molecule has 1 aliphatic heterocycles. The van der Waals surface area contributed by atoms with Gasteiger partial charge in [-0.2, -0.15) is 0 Å². The third-order valence-electron chi connectivity index (χ3n) is 2.73. The lowest BCUT2D eigenvalue weighted by Gasteiger charge is -2.27. The topological polar surface area (TPSA) is 53.4 Å². The molecule has 2 rings (SSSR count). The smallest absolute Gasteiger partial charge is 0.313 e. The first-order valence-electron chi connectivity index (χ1n) is 6.10. The molecule has 0 fully saturated rings. The van der Waals surface area contributed by atoms with Crippen LogP contribution in [0.15, 0.2) is 4.34 Å². The highest BCUT2D eigenvalue weighted by molar-refractivity contribution is 8.01. The molecule has 100 valence electrons. The first kappa shape index (κ1) is 13.8. The lowest BCUT2D eigenvalue weighted by Crippen LogP contribution is -2.32. The molecule has 0 aliphatic carbocycles. The molecule has 0 radical (unpaired) electrons. The number of carbonyl (C=O) groups is 1. The summed E-state index contributed by atoms with van der Waals surface area (Å²) in [4.78, 5) is 18.8. The molecule has 0 saturated carbocycles. The maximum Gasteiger partial charge on any atom is 0.313 e. The Morgan fingerprint density at radius 2 is 2.39 bits per heavy atom. The Balaban J connectivity index is 1.97. The minimum absolute atomic E-state index is 0.0993. The Bertz CT molecular complexity index is 432. The molecule has 0 atom stereocenters.